The first kappa shape index (κ1) is 20.3. The van der Waals surface area contributed by atoms with Gasteiger partial charge in [0.1, 0.15) is 5.78 Å². The molecule has 9 atom stereocenters. The van der Waals surface area contributed by atoms with Crippen LogP contribution in [-0.2, 0) is 9.59 Å². The third-order valence-electron chi connectivity index (χ3n) is 10.3. The maximum absolute atomic E-state index is 13.4. The number of Topliss-reactive ketones (excluding diaryl/α,β-unsaturated/α-hetero) is 1. The lowest BCUT2D eigenvalue weighted by molar-refractivity contribution is -0.158. The quantitative estimate of drug-likeness (QED) is 0.452. The van der Waals surface area contributed by atoms with Crippen molar-refractivity contribution in [1.29, 1.82) is 0 Å². The zero-order chi connectivity index (χ0) is 20.1. The largest absolute Gasteiger partial charge is 0.299 e. The van der Waals surface area contributed by atoms with Crippen molar-refractivity contribution in [2.75, 3.05) is 6.54 Å². The molecule has 156 valence electrons. The van der Waals surface area contributed by atoms with E-state index in [0.717, 1.165) is 18.8 Å². The normalized spacial score (nSPS) is 48.8. The predicted molar refractivity (Wildman–Crippen MR) is 112 cm³/mol. The lowest BCUT2D eigenvalue weighted by atomic mass is 9.43. The van der Waals surface area contributed by atoms with Gasteiger partial charge in [0.05, 0.1) is 6.54 Å². The molecule has 4 rings (SSSR count). The molecule has 28 heavy (non-hydrogen) atoms. The third kappa shape index (κ3) is 3.04. The van der Waals surface area contributed by atoms with Gasteiger partial charge in [0.25, 0.3) is 0 Å². The van der Waals surface area contributed by atoms with Crippen molar-refractivity contribution < 1.29 is 9.59 Å². The molecule has 0 heterocycles. The fraction of sp³-hybridized carbons (Fsp3) is 0.920. The molecule has 4 fully saturated rings. The maximum Gasteiger partial charge on any atom is 0.234 e. The molecule has 0 saturated heterocycles. The fourth-order valence-corrected chi connectivity index (χ4v) is 8.64. The molecule has 0 aromatic heterocycles. The van der Waals surface area contributed by atoms with Crippen LogP contribution >= 0.6 is 0 Å². The molecule has 4 aliphatic carbocycles. The van der Waals surface area contributed by atoms with Gasteiger partial charge in [-0.1, -0.05) is 34.1 Å². The van der Waals surface area contributed by atoms with Gasteiger partial charge in [0.15, 0.2) is 0 Å². The van der Waals surface area contributed by atoms with Crippen LogP contribution < -0.4 is 0 Å². The van der Waals surface area contributed by atoms with Crippen molar-refractivity contribution in [3.63, 3.8) is 0 Å². The molecule has 0 spiro atoms. The standard InChI is InChI=1S/C25H39NO2/c1-16-7-10-24(3)18(13-16)14-22(28)23-20-6-5-19(17(2)9-12-26-15-27)25(20,4)11-8-21(23)24/h16-21,23H,5-14H2,1-4H3/t16-,17-,18+,19-,20+,21+,23+,24+,25-/m1/s1. The molecule has 0 aromatic rings. The van der Waals surface area contributed by atoms with E-state index in [1.807, 2.05) is 0 Å². The SMILES string of the molecule is C[C@@H]1CC[C@@]2(C)[C@H](CC(=O)[C@@H]3[C@@H]2CC[C@]2(C)[C@@H]([C@H](C)CCN=C=O)CC[C@@H]32)C1. The first-order valence-electron chi connectivity index (χ1n) is 11.9. The van der Waals surface area contributed by atoms with Crippen LogP contribution in [0, 0.1) is 52.3 Å². The third-order valence-corrected chi connectivity index (χ3v) is 10.3. The van der Waals surface area contributed by atoms with E-state index in [9.17, 15) is 9.59 Å². The number of carbonyl (C=O) groups excluding carboxylic acids is 2. The van der Waals surface area contributed by atoms with E-state index in [1.165, 1.54) is 44.9 Å². The molecule has 0 unspecified atom stereocenters. The summed E-state index contributed by atoms with van der Waals surface area (Å²) in [6.07, 6.45) is 12.5. The van der Waals surface area contributed by atoms with Gasteiger partial charge in [-0.25, -0.2) is 9.79 Å². The van der Waals surface area contributed by atoms with Crippen LogP contribution in [0.15, 0.2) is 4.99 Å². The number of isocyanates is 1. The Hall–Kier alpha value is -0.950. The summed E-state index contributed by atoms with van der Waals surface area (Å²) in [6.45, 7) is 10.4. The molecule has 0 amide bonds. The van der Waals surface area contributed by atoms with Crippen molar-refractivity contribution in [3.8, 4) is 0 Å². The van der Waals surface area contributed by atoms with Crippen LogP contribution in [-0.4, -0.2) is 18.4 Å². The molecule has 3 nitrogen and oxygen atoms in total. The van der Waals surface area contributed by atoms with Crippen molar-refractivity contribution in [1.82, 2.24) is 0 Å². The first-order chi connectivity index (χ1) is 13.3. The highest BCUT2D eigenvalue weighted by Gasteiger charge is 2.62. The summed E-state index contributed by atoms with van der Waals surface area (Å²) in [4.78, 5) is 27.7. The van der Waals surface area contributed by atoms with Gasteiger partial charge >= 0.3 is 0 Å². The molecule has 0 aliphatic heterocycles. The summed E-state index contributed by atoms with van der Waals surface area (Å²) in [7, 11) is 0. The zero-order valence-corrected chi connectivity index (χ0v) is 18.4. The number of hydrogen-bond acceptors (Lipinski definition) is 3. The van der Waals surface area contributed by atoms with Gasteiger partial charge in [-0.2, -0.15) is 0 Å². The lowest BCUT2D eigenvalue weighted by Crippen LogP contribution is -2.57. The Bertz CT molecular complexity index is 667. The van der Waals surface area contributed by atoms with E-state index in [2.05, 4.69) is 32.7 Å². The Morgan fingerprint density at radius 3 is 2.57 bits per heavy atom. The van der Waals surface area contributed by atoms with E-state index >= 15 is 0 Å². The van der Waals surface area contributed by atoms with Crippen molar-refractivity contribution >= 4 is 11.9 Å². The zero-order valence-electron chi connectivity index (χ0n) is 18.4. The monoisotopic (exact) mass is 385 g/mol. The van der Waals surface area contributed by atoms with Gasteiger partial charge in [-0.15, -0.1) is 0 Å². The summed E-state index contributed by atoms with van der Waals surface area (Å²) < 4.78 is 0. The Kier molecular flexibility index (Phi) is 5.36. The summed E-state index contributed by atoms with van der Waals surface area (Å²) in [5.74, 6) is 4.80. The Morgan fingerprint density at radius 1 is 1.11 bits per heavy atom. The van der Waals surface area contributed by atoms with Gasteiger partial charge < -0.3 is 0 Å². The second-order valence-electron chi connectivity index (χ2n) is 11.5. The molecule has 0 N–H and O–H groups in total. The number of hydrogen-bond donors (Lipinski definition) is 0. The maximum atomic E-state index is 13.4. The average molecular weight is 386 g/mol. The van der Waals surface area contributed by atoms with Gasteiger partial charge in [0, 0.05) is 12.3 Å². The summed E-state index contributed by atoms with van der Waals surface area (Å²) in [5.41, 5.74) is 0.696. The minimum atomic E-state index is 0.298. The number of nitrogens with zero attached hydrogens (tertiary/aromatic N) is 1. The van der Waals surface area contributed by atoms with Gasteiger partial charge in [0.2, 0.25) is 6.08 Å². The molecular formula is C25H39NO2. The van der Waals surface area contributed by atoms with Gasteiger partial charge in [-0.05, 0) is 91.3 Å². The molecule has 0 radical (unpaired) electrons. The Labute approximate surface area is 171 Å². The van der Waals surface area contributed by atoms with Crippen LogP contribution in [0.2, 0.25) is 0 Å². The molecular weight excluding hydrogens is 346 g/mol. The van der Waals surface area contributed by atoms with Crippen molar-refractivity contribution in [2.24, 2.45) is 57.2 Å². The van der Waals surface area contributed by atoms with Crippen molar-refractivity contribution in [2.45, 2.75) is 85.5 Å². The average Bonchev–Trinajstić information content (AvgIpc) is 3.00. The second kappa shape index (κ2) is 7.38. The van der Waals surface area contributed by atoms with E-state index < -0.39 is 0 Å². The number of fused-ring (bicyclic) bond motifs is 5. The minimum absolute atomic E-state index is 0.298. The van der Waals surface area contributed by atoms with E-state index in [4.69, 9.17) is 0 Å². The van der Waals surface area contributed by atoms with E-state index in [0.29, 0.717) is 58.7 Å². The molecule has 0 aromatic carbocycles. The topological polar surface area (TPSA) is 46.5 Å². The second-order valence-corrected chi connectivity index (χ2v) is 11.5. The molecule has 3 heteroatoms. The van der Waals surface area contributed by atoms with Crippen LogP contribution in [0.5, 0.6) is 0 Å². The number of ketones is 1. The molecule has 4 aliphatic rings. The summed E-state index contributed by atoms with van der Waals surface area (Å²) >= 11 is 0. The Balaban J connectivity index is 1.56. The number of rotatable bonds is 4. The van der Waals surface area contributed by atoms with E-state index in [-0.39, 0.29) is 0 Å². The summed E-state index contributed by atoms with van der Waals surface area (Å²) in [5, 5.41) is 0. The molecule has 0 bridgehead atoms. The van der Waals surface area contributed by atoms with Crippen LogP contribution in [0.25, 0.3) is 0 Å². The van der Waals surface area contributed by atoms with Crippen LogP contribution in [0.3, 0.4) is 0 Å². The highest BCUT2D eigenvalue weighted by atomic mass is 16.1. The Morgan fingerprint density at radius 2 is 1.82 bits per heavy atom. The first-order valence-corrected chi connectivity index (χ1v) is 11.9. The van der Waals surface area contributed by atoms with Crippen LogP contribution in [0.4, 0.5) is 0 Å². The fourth-order valence-electron chi connectivity index (χ4n) is 8.64. The highest BCUT2D eigenvalue weighted by molar-refractivity contribution is 5.83. The number of aliphatic imine (C=N–C) groups is 1. The predicted octanol–water partition coefficient (Wildman–Crippen LogP) is 5.82. The number of carbonyl (C=O) groups is 1. The highest BCUT2D eigenvalue weighted by Crippen LogP contribution is 2.67. The van der Waals surface area contributed by atoms with Crippen LogP contribution in [0.1, 0.15) is 85.5 Å². The van der Waals surface area contributed by atoms with Gasteiger partial charge in [-0.3, -0.25) is 4.79 Å². The smallest absolute Gasteiger partial charge is 0.234 e. The van der Waals surface area contributed by atoms with E-state index in [1.54, 1.807) is 6.08 Å². The molecule has 4 saturated carbocycles. The lowest BCUT2D eigenvalue weighted by Gasteiger charge is -2.60. The summed E-state index contributed by atoms with van der Waals surface area (Å²) in [6, 6.07) is 0. The minimum Gasteiger partial charge on any atom is -0.299 e. The van der Waals surface area contributed by atoms with Crippen molar-refractivity contribution in [3.05, 3.63) is 0 Å².